The second kappa shape index (κ2) is 8.20. The number of hydrogen-bond donors (Lipinski definition) is 2. The number of ether oxygens (including phenoxy) is 1. The van der Waals surface area contributed by atoms with Crippen molar-refractivity contribution in [1.29, 1.82) is 0 Å². The van der Waals surface area contributed by atoms with Gasteiger partial charge in [-0.1, -0.05) is 54.1 Å². The topological polar surface area (TPSA) is 50.4 Å². The SMILES string of the molecule is COCc1ccccc1CNC(=O)NCc1ccc(C)cc1. The van der Waals surface area contributed by atoms with Crippen LogP contribution >= 0.6 is 0 Å². The van der Waals surface area contributed by atoms with Gasteiger partial charge in [0, 0.05) is 20.2 Å². The van der Waals surface area contributed by atoms with Crippen LogP contribution in [0.4, 0.5) is 4.79 Å². The second-order valence-corrected chi connectivity index (χ2v) is 5.22. The minimum Gasteiger partial charge on any atom is -0.380 e. The molecular formula is C18H22N2O2. The van der Waals surface area contributed by atoms with Crippen molar-refractivity contribution in [2.45, 2.75) is 26.6 Å². The van der Waals surface area contributed by atoms with Gasteiger partial charge < -0.3 is 15.4 Å². The van der Waals surface area contributed by atoms with Crippen molar-refractivity contribution in [2.75, 3.05) is 7.11 Å². The first-order valence-electron chi connectivity index (χ1n) is 7.32. The number of amides is 2. The lowest BCUT2D eigenvalue weighted by Gasteiger charge is -2.11. The Labute approximate surface area is 131 Å². The summed E-state index contributed by atoms with van der Waals surface area (Å²) in [6.45, 7) is 3.59. The van der Waals surface area contributed by atoms with E-state index in [0.29, 0.717) is 19.7 Å². The predicted molar refractivity (Wildman–Crippen MR) is 87.4 cm³/mol. The van der Waals surface area contributed by atoms with Gasteiger partial charge in [-0.25, -0.2) is 4.79 Å². The molecule has 116 valence electrons. The highest BCUT2D eigenvalue weighted by Gasteiger charge is 2.04. The summed E-state index contributed by atoms with van der Waals surface area (Å²) in [5, 5.41) is 5.73. The quantitative estimate of drug-likeness (QED) is 0.861. The van der Waals surface area contributed by atoms with Crippen molar-refractivity contribution < 1.29 is 9.53 Å². The van der Waals surface area contributed by atoms with Crippen LogP contribution in [0, 0.1) is 6.92 Å². The monoisotopic (exact) mass is 298 g/mol. The molecule has 0 saturated carbocycles. The first-order valence-corrected chi connectivity index (χ1v) is 7.32. The summed E-state index contributed by atoms with van der Waals surface area (Å²) in [5.41, 5.74) is 4.45. The van der Waals surface area contributed by atoms with Gasteiger partial charge in [0.25, 0.3) is 0 Å². The molecular weight excluding hydrogens is 276 g/mol. The summed E-state index contributed by atoms with van der Waals surface area (Å²) in [6.07, 6.45) is 0. The average Bonchev–Trinajstić information content (AvgIpc) is 2.54. The molecule has 0 saturated heterocycles. The molecule has 2 amide bonds. The molecule has 0 fully saturated rings. The summed E-state index contributed by atoms with van der Waals surface area (Å²) in [4.78, 5) is 11.9. The van der Waals surface area contributed by atoms with E-state index in [1.807, 2.05) is 55.5 Å². The minimum absolute atomic E-state index is 0.173. The molecule has 0 atom stereocenters. The highest BCUT2D eigenvalue weighted by Crippen LogP contribution is 2.09. The van der Waals surface area contributed by atoms with Gasteiger partial charge in [0.15, 0.2) is 0 Å². The fraction of sp³-hybridized carbons (Fsp3) is 0.278. The van der Waals surface area contributed by atoms with Crippen LogP contribution in [0.5, 0.6) is 0 Å². The third-order valence-corrected chi connectivity index (χ3v) is 3.43. The van der Waals surface area contributed by atoms with Crippen molar-refractivity contribution in [3.05, 3.63) is 70.8 Å². The number of aryl methyl sites for hydroxylation is 1. The molecule has 0 aliphatic heterocycles. The minimum atomic E-state index is -0.173. The first-order chi connectivity index (χ1) is 10.7. The van der Waals surface area contributed by atoms with E-state index in [1.54, 1.807) is 7.11 Å². The van der Waals surface area contributed by atoms with Crippen LogP contribution in [0.25, 0.3) is 0 Å². The molecule has 0 unspecified atom stereocenters. The zero-order valence-electron chi connectivity index (χ0n) is 13.1. The standard InChI is InChI=1S/C18H22N2O2/c1-14-7-9-15(10-8-14)11-19-18(21)20-12-16-5-3-4-6-17(16)13-22-2/h3-10H,11-13H2,1-2H3,(H2,19,20,21). The third-order valence-electron chi connectivity index (χ3n) is 3.43. The highest BCUT2D eigenvalue weighted by molar-refractivity contribution is 5.73. The number of rotatable bonds is 6. The Bertz CT molecular complexity index is 609. The van der Waals surface area contributed by atoms with Gasteiger partial charge in [-0.2, -0.15) is 0 Å². The molecule has 4 nitrogen and oxygen atoms in total. The third kappa shape index (κ3) is 4.90. The van der Waals surface area contributed by atoms with E-state index in [4.69, 9.17) is 4.74 Å². The van der Waals surface area contributed by atoms with Crippen LogP contribution in [0.2, 0.25) is 0 Å². The number of benzene rings is 2. The molecule has 0 radical (unpaired) electrons. The number of nitrogens with one attached hydrogen (secondary N) is 2. The Morgan fingerprint density at radius 2 is 1.59 bits per heavy atom. The van der Waals surface area contributed by atoms with Crippen LogP contribution in [0.3, 0.4) is 0 Å². The van der Waals surface area contributed by atoms with Crippen LogP contribution in [0.1, 0.15) is 22.3 Å². The van der Waals surface area contributed by atoms with Crippen LogP contribution < -0.4 is 10.6 Å². The van der Waals surface area contributed by atoms with E-state index < -0.39 is 0 Å². The van der Waals surface area contributed by atoms with Crippen LogP contribution in [-0.4, -0.2) is 13.1 Å². The Kier molecular flexibility index (Phi) is 5.98. The molecule has 22 heavy (non-hydrogen) atoms. The molecule has 0 spiro atoms. The van der Waals surface area contributed by atoms with Gasteiger partial charge in [0.05, 0.1) is 6.61 Å². The molecule has 2 aromatic rings. The number of carbonyl (C=O) groups excluding carboxylic acids is 1. The Hall–Kier alpha value is -2.33. The second-order valence-electron chi connectivity index (χ2n) is 5.22. The van der Waals surface area contributed by atoms with Crippen molar-refractivity contribution in [3.8, 4) is 0 Å². The van der Waals surface area contributed by atoms with E-state index in [1.165, 1.54) is 5.56 Å². The van der Waals surface area contributed by atoms with Crippen molar-refractivity contribution >= 4 is 6.03 Å². The molecule has 0 bridgehead atoms. The van der Waals surface area contributed by atoms with Gasteiger partial charge in [0.2, 0.25) is 0 Å². The molecule has 0 aliphatic rings. The number of carbonyl (C=O) groups is 1. The average molecular weight is 298 g/mol. The summed E-state index contributed by atoms with van der Waals surface area (Å²) in [7, 11) is 1.67. The van der Waals surface area contributed by atoms with Gasteiger partial charge in [-0.15, -0.1) is 0 Å². The maximum Gasteiger partial charge on any atom is 0.315 e. The fourth-order valence-electron chi connectivity index (χ4n) is 2.15. The maximum absolute atomic E-state index is 11.9. The molecule has 4 heteroatoms. The lowest BCUT2D eigenvalue weighted by molar-refractivity contribution is 0.184. The van der Waals surface area contributed by atoms with Crippen molar-refractivity contribution in [1.82, 2.24) is 10.6 Å². The molecule has 0 heterocycles. The van der Waals surface area contributed by atoms with Crippen LogP contribution in [-0.2, 0) is 24.4 Å². The molecule has 2 N–H and O–H groups in total. The van der Waals surface area contributed by atoms with Crippen molar-refractivity contribution in [2.24, 2.45) is 0 Å². The number of hydrogen-bond acceptors (Lipinski definition) is 2. The van der Waals surface area contributed by atoms with Gasteiger partial charge in [-0.3, -0.25) is 0 Å². The number of methoxy groups -OCH3 is 1. The van der Waals surface area contributed by atoms with E-state index >= 15 is 0 Å². The summed E-state index contributed by atoms with van der Waals surface area (Å²) in [5.74, 6) is 0. The van der Waals surface area contributed by atoms with Gasteiger partial charge >= 0.3 is 6.03 Å². The molecule has 2 rings (SSSR count). The summed E-state index contributed by atoms with van der Waals surface area (Å²) >= 11 is 0. The summed E-state index contributed by atoms with van der Waals surface area (Å²) < 4.78 is 5.16. The Morgan fingerprint density at radius 3 is 2.27 bits per heavy atom. The van der Waals surface area contributed by atoms with E-state index in [-0.39, 0.29) is 6.03 Å². The fourth-order valence-corrected chi connectivity index (χ4v) is 2.15. The van der Waals surface area contributed by atoms with E-state index in [2.05, 4.69) is 10.6 Å². The Balaban J connectivity index is 1.81. The van der Waals surface area contributed by atoms with Gasteiger partial charge in [-0.05, 0) is 23.6 Å². The first kappa shape index (κ1) is 16.0. The number of urea groups is 1. The predicted octanol–water partition coefficient (Wildman–Crippen LogP) is 3.14. The zero-order chi connectivity index (χ0) is 15.8. The Morgan fingerprint density at radius 1 is 0.955 bits per heavy atom. The molecule has 0 aromatic heterocycles. The van der Waals surface area contributed by atoms with Gasteiger partial charge in [0.1, 0.15) is 0 Å². The lowest BCUT2D eigenvalue weighted by Crippen LogP contribution is -2.34. The van der Waals surface area contributed by atoms with E-state index in [0.717, 1.165) is 16.7 Å². The zero-order valence-corrected chi connectivity index (χ0v) is 13.1. The smallest absolute Gasteiger partial charge is 0.315 e. The lowest BCUT2D eigenvalue weighted by atomic mass is 10.1. The summed E-state index contributed by atoms with van der Waals surface area (Å²) in [6, 6.07) is 15.9. The van der Waals surface area contributed by atoms with Crippen LogP contribution in [0.15, 0.2) is 48.5 Å². The van der Waals surface area contributed by atoms with E-state index in [9.17, 15) is 4.79 Å². The molecule has 0 aliphatic carbocycles. The largest absolute Gasteiger partial charge is 0.380 e. The molecule has 2 aromatic carbocycles. The normalized spacial score (nSPS) is 10.3. The maximum atomic E-state index is 11.9. The highest BCUT2D eigenvalue weighted by atomic mass is 16.5. The van der Waals surface area contributed by atoms with Crippen molar-refractivity contribution in [3.63, 3.8) is 0 Å².